The average molecular weight is 188 g/mol. The van der Waals surface area contributed by atoms with E-state index < -0.39 is 6.17 Å². The molecule has 0 saturated carbocycles. The van der Waals surface area contributed by atoms with Crippen LogP contribution in [0.15, 0.2) is 42.5 Å². The van der Waals surface area contributed by atoms with E-state index in [1.165, 1.54) is 0 Å². The van der Waals surface area contributed by atoms with Crippen LogP contribution in [0.5, 0.6) is 0 Å². The van der Waals surface area contributed by atoms with Gasteiger partial charge in [-0.2, -0.15) is 0 Å². The molecule has 0 bridgehead atoms. The molecule has 1 aliphatic carbocycles. The van der Waals surface area contributed by atoms with Crippen molar-refractivity contribution in [1.29, 1.82) is 0 Å². The number of rotatable bonds is 2. The summed E-state index contributed by atoms with van der Waals surface area (Å²) in [6.45, 7) is 1.84. The molecule has 2 unspecified atom stereocenters. The van der Waals surface area contributed by atoms with Crippen molar-refractivity contribution in [2.45, 2.75) is 19.0 Å². The zero-order chi connectivity index (χ0) is 9.97. The van der Waals surface area contributed by atoms with Gasteiger partial charge < -0.3 is 0 Å². The maximum absolute atomic E-state index is 13.6. The maximum Gasteiger partial charge on any atom is 0.129 e. The summed E-state index contributed by atoms with van der Waals surface area (Å²) in [5.74, 6) is -0.0950. The largest absolute Gasteiger partial charge is 0.242 e. The van der Waals surface area contributed by atoms with E-state index in [2.05, 4.69) is 0 Å². The van der Waals surface area contributed by atoms with Crippen LogP contribution < -0.4 is 0 Å². The Bertz CT molecular complexity index is 377. The first-order valence-corrected chi connectivity index (χ1v) is 4.87. The lowest BCUT2D eigenvalue weighted by Gasteiger charge is -2.12. The summed E-state index contributed by atoms with van der Waals surface area (Å²) in [5.41, 5.74) is 2.24. The van der Waals surface area contributed by atoms with Crippen molar-refractivity contribution in [3.8, 4) is 0 Å². The van der Waals surface area contributed by atoms with Gasteiger partial charge in [-0.3, -0.25) is 0 Å². The number of fused-ring (bicyclic) bond motifs is 1. The van der Waals surface area contributed by atoms with E-state index in [9.17, 15) is 4.39 Å². The van der Waals surface area contributed by atoms with Gasteiger partial charge in [-0.05, 0) is 18.1 Å². The summed E-state index contributed by atoms with van der Waals surface area (Å²) >= 11 is 0. The van der Waals surface area contributed by atoms with E-state index in [1.807, 2.05) is 43.3 Å². The molecule has 0 saturated heterocycles. The summed E-state index contributed by atoms with van der Waals surface area (Å²) in [7, 11) is 0. The van der Waals surface area contributed by atoms with E-state index in [0.717, 1.165) is 11.1 Å². The molecule has 1 aromatic carbocycles. The Morgan fingerprint density at radius 3 is 2.93 bits per heavy atom. The summed E-state index contributed by atoms with van der Waals surface area (Å²) in [4.78, 5) is 0. The smallest absolute Gasteiger partial charge is 0.129 e. The highest BCUT2D eigenvalue weighted by Gasteiger charge is 2.23. The van der Waals surface area contributed by atoms with Crippen molar-refractivity contribution in [2.75, 3.05) is 0 Å². The Kier molecular flexibility index (Phi) is 2.49. The van der Waals surface area contributed by atoms with E-state index in [1.54, 1.807) is 12.2 Å². The lowest BCUT2D eigenvalue weighted by molar-refractivity contribution is 0.373. The molecule has 0 fully saturated rings. The van der Waals surface area contributed by atoms with Crippen molar-refractivity contribution in [1.82, 2.24) is 0 Å². The molecule has 0 spiro atoms. The van der Waals surface area contributed by atoms with Gasteiger partial charge in [-0.15, -0.1) is 0 Å². The molecule has 0 nitrogen and oxygen atoms in total. The SMILES string of the molecule is C/C=C/C(F)C1C=Cc2ccccc21. The molecule has 14 heavy (non-hydrogen) atoms. The molecule has 0 radical (unpaired) electrons. The first-order valence-electron chi connectivity index (χ1n) is 4.87. The molecule has 1 aromatic rings. The first-order chi connectivity index (χ1) is 6.83. The summed E-state index contributed by atoms with van der Waals surface area (Å²) in [6, 6.07) is 7.96. The van der Waals surface area contributed by atoms with E-state index in [0.29, 0.717) is 0 Å². The highest BCUT2D eigenvalue weighted by Crippen LogP contribution is 2.33. The van der Waals surface area contributed by atoms with Gasteiger partial charge >= 0.3 is 0 Å². The van der Waals surface area contributed by atoms with Gasteiger partial charge in [-0.1, -0.05) is 48.6 Å². The third-order valence-electron chi connectivity index (χ3n) is 2.56. The second kappa shape index (κ2) is 3.79. The van der Waals surface area contributed by atoms with Crippen LogP contribution in [0.4, 0.5) is 4.39 Å². The molecular formula is C13H13F. The average Bonchev–Trinajstić information content (AvgIpc) is 2.61. The van der Waals surface area contributed by atoms with Crippen LogP contribution in [-0.4, -0.2) is 6.17 Å². The fourth-order valence-electron chi connectivity index (χ4n) is 1.86. The lowest BCUT2D eigenvalue weighted by Crippen LogP contribution is -2.07. The molecule has 0 amide bonds. The molecule has 0 N–H and O–H groups in total. The van der Waals surface area contributed by atoms with Gasteiger partial charge in [0.1, 0.15) is 6.17 Å². The van der Waals surface area contributed by atoms with Crippen molar-refractivity contribution in [2.24, 2.45) is 0 Å². The maximum atomic E-state index is 13.6. The Labute approximate surface area is 83.8 Å². The van der Waals surface area contributed by atoms with Gasteiger partial charge in [0.15, 0.2) is 0 Å². The standard InChI is InChI=1S/C13H13F/c1-2-5-13(14)12-9-8-10-6-3-4-7-11(10)12/h2-9,12-13H,1H3/b5-2+. The zero-order valence-corrected chi connectivity index (χ0v) is 8.15. The molecule has 0 aliphatic heterocycles. The topological polar surface area (TPSA) is 0 Å². The second-order valence-electron chi connectivity index (χ2n) is 3.48. The van der Waals surface area contributed by atoms with Crippen molar-refractivity contribution >= 4 is 6.08 Å². The van der Waals surface area contributed by atoms with Gasteiger partial charge in [0.2, 0.25) is 0 Å². The quantitative estimate of drug-likeness (QED) is 0.620. The molecular weight excluding hydrogens is 175 g/mol. The molecule has 2 atom stereocenters. The van der Waals surface area contributed by atoms with Crippen molar-refractivity contribution in [3.05, 3.63) is 53.6 Å². The number of halogens is 1. The zero-order valence-electron chi connectivity index (χ0n) is 8.15. The minimum absolute atomic E-state index is 0.0950. The number of allylic oxidation sites excluding steroid dienone is 3. The van der Waals surface area contributed by atoms with E-state index in [-0.39, 0.29) is 5.92 Å². The van der Waals surface area contributed by atoms with E-state index >= 15 is 0 Å². The third kappa shape index (κ3) is 1.50. The van der Waals surface area contributed by atoms with Crippen LogP contribution in [0.3, 0.4) is 0 Å². The van der Waals surface area contributed by atoms with Gasteiger partial charge in [0, 0.05) is 5.92 Å². The third-order valence-corrected chi connectivity index (χ3v) is 2.56. The highest BCUT2D eigenvalue weighted by atomic mass is 19.1. The predicted octanol–water partition coefficient (Wildman–Crippen LogP) is 3.71. The van der Waals surface area contributed by atoms with Gasteiger partial charge in [0.05, 0.1) is 0 Å². The fourth-order valence-corrected chi connectivity index (χ4v) is 1.86. The normalized spacial score (nSPS) is 21.4. The van der Waals surface area contributed by atoms with Crippen LogP contribution in [0, 0.1) is 0 Å². The molecule has 2 rings (SSSR count). The molecule has 72 valence electrons. The number of hydrogen-bond donors (Lipinski definition) is 0. The van der Waals surface area contributed by atoms with E-state index in [4.69, 9.17) is 0 Å². The van der Waals surface area contributed by atoms with Crippen LogP contribution in [0.1, 0.15) is 24.0 Å². The Morgan fingerprint density at radius 2 is 2.14 bits per heavy atom. The van der Waals surface area contributed by atoms with Crippen molar-refractivity contribution < 1.29 is 4.39 Å². The van der Waals surface area contributed by atoms with Crippen LogP contribution in [-0.2, 0) is 0 Å². The second-order valence-corrected chi connectivity index (χ2v) is 3.48. The van der Waals surface area contributed by atoms with Crippen LogP contribution in [0.2, 0.25) is 0 Å². The number of hydrogen-bond acceptors (Lipinski definition) is 0. The summed E-state index contributed by atoms with van der Waals surface area (Å²) in [6.07, 6.45) is 6.40. The minimum atomic E-state index is -0.903. The fraction of sp³-hybridized carbons (Fsp3) is 0.231. The number of alkyl halides is 1. The summed E-state index contributed by atoms with van der Waals surface area (Å²) < 4.78 is 13.6. The lowest BCUT2D eigenvalue weighted by atomic mass is 9.96. The first kappa shape index (κ1) is 9.20. The van der Waals surface area contributed by atoms with Crippen LogP contribution >= 0.6 is 0 Å². The number of benzene rings is 1. The Morgan fingerprint density at radius 1 is 1.36 bits per heavy atom. The summed E-state index contributed by atoms with van der Waals surface area (Å²) in [5, 5.41) is 0. The minimum Gasteiger partial charge on any atom is -0.242 e. The monoisotopic (exact) mass is 188 g/mol. The Balaban J connectivity index is 2.30. The molecule has 1 aliphatic rings. The Hall–Kier alpha value is -1.37. The molecule has 0 heterocycles. The van der Waals surface area contributed by atoms with Crippen LogP contribution in [0.25, 0.3) is 6.08 Å². The van der Waals surface area contributed by atoms with Crippen molar-refractivity contribution in [3.63, 3.8) is 0 Å². The van der Waals surface area contributed by atoms with Gasteiger partial charge in [-0.25, -0.2) is 4.39 Å². The predicted molar refractivity (Wildman–Crippen MR) is 57.9 cm³/mol. The molecule has 1 heteroatoms. The highest BCUT2D eigenvalue weighted by molar-refractivity contribution is 5.62. The van der Waals surface area contributed by atoms with Gasteiger partial charge in [0.25, 0.3) is 0 Å². The molecule has 0 aromatic heterocycles.